The molecule has 1 rings (SSSR count). The number of benzene rings is 1. The molecule has 71 heavy (non-hydrogen) atoms. The Morgan fingerprint density at radius 1 is 0.338 bits per heavy atom. The molecule has 0 radical (unpaired) electrons. The van der Waals surface area contributed by atoms with Crippen molar-refractivity contribution in [2.75, 3.05) is 19.8 Å². The van der Waals surface area contributed by atoms with Crippen molar-refractivity contribution in [1.29, 1.82) is 0 Å². The molecule has 0 saturated carbocycles. The van der Waals surface area contributed by atoms with Crippen LogP contribution in [0, 0.1) is 0 Å². The summed E-state index contributed by atoms with van der Waals surface area (Å²) >= 11 is 0. The summed E-state index contributed by atoms with van der Waals surface area (Å²) in [6, 6.07) is 4.06. The van der Waals surface area contributed by atoms with E-state index in [1.54, 1.807) is 6.92 Å². The van der Waals surface area contributed by atoms with E-state index in [1.807, 2.05) is 12.1 Å². The Morgan fingerprint density at radius 2 is 0.549 bits per heavy atom. The van der Waals surface area contributed by atoms with Gasteiger partial charge in [0.25, 0.3) is 0 Å². The second-order valence-corrected chi connectivity index (χ2v) is 22.2. The Hall–Kier alpha value is -2.17. The van der Waals surface area contributed by atoms with Gasteiger partial charge in [-0.05, 0) is 50.8 Å². The van der Waals surface area contributed by atoms with Crippen molar-refractivity contribution in [3.8, 4) is 17.2 Å². The largest absolute Gasteiger partial charge is 0.512 e. The molecule has 0 aliphatic heterocycles. The number of aliphatic hydroxyl groups excluding tert-OH is 1. The summed E-state index contributed by atoms with van der Waals surface area (Å²) in [5.74, 6) is 2.09. The first-order valence-electron chi connectivity index (χ1n) is 31.9. The minimum atomic E-state index is -0.111. The molecule has 1 N–H and O–H groups in total. The zero-order valence-electron chi connectivity index (χ0n) is 48.5. The van der Waals surface area contributed by atoms with Crippen LogP contribution in [-0.4, -0.2) is 30.7 Å². The lowest BCUT2D eigenvalue weighted by atomic mass is 10.0. The SMILES string of the molecule is CCCCCCCCCCCCCCCCCCOc1cc(C/C(C(C)=O)=C(\C)O)cc(OCCCCCCCCCCCCCCCCCC)c1OCCCCCCCCCCCCCCCCCC. The quantitative estimate of drug-likeness (QED) is 0.0400. The molecule has 5 heteroatoms. The van der Waals surface area contributed by atoms with E-state index in [0.29, 0.717) is 49.1 Å². The van der Waals surface area contributed by atoms with Gasteiger partial charge in [-0.15, -0.1) is 0 Å². The molecule has 0 fully saturated rings. The highest BCUT2D eigenvalue weighted by Gasteiger charge is 2.19. The number of carbonyl (C=O) groups excluding carboxylic acids is 1. The van der Waals surface area contributed by atoms with E-state index in [2.05, 4.69) is 20.8 Å². The van der Waals surface area contributed by atoms with Crippen molar-refractivity contribution in [3.63, 3.8) is 0 Å². The van der Waals surface area contributed by atoms with Crippen LogP contribution in [-0.2, 0) is 11.2 Å². The van der Waals surface area contributed by atoms with Crippen LogP contribution in [0.25, 0.3) is 0 Å². The van der Waals surface area contributed by atoms with Gasteiger partial charge in [0.1, 0.15) is 0 Å². The van der Waals surface area contributed by atoms with E-state index in [4.69, 9.17) is 14.2 Å². The predicted molar refractivity (Wildman–Crippen MR) is 311 cm³/mol. The van der Waals surface area contributed by atoms with Gasteiger partial charge in [-0.1, -0.05) is 310 Å². The predicted octanol–water partition coefficient (Wildman–Crippen LogP) is 22.6. The molecule has 0 saturated heterocycles. The van der Waals surface area contributed by atoms with Crippen molar-refractivity contribution >= 4 is 5.78 Å². The van der Waals surface area contributed by atoms with Gasteiger partial charge in [0, 0.05) is 12.0 Å². The number of ether oxygens (including phenoxy) is 3. The van der Waals surface area contributed by atoms with Gasteiger partial charge in [0.05, 0.1) is 25.6 Å². The van der Waals surface area contributed by atoms with Gasteiger partial charge in [-0.2, -0.15) is 0 Å². The van der Waals surface area contributed by atoms with Crippen LogP contribution in [0.5, 0.6) is 17.2 Å². The van der Waals surface area contributed by atoms with Gasteiger partial charge in [-0.3, -0.25) is 4.79 Å². The number of carbonyl (C=O) groups is 1. The summed E-state index contributed by atoms with van der Waals surface area (Å²) in [7, 11) is 0. The molecule has 1 aromatic rings. The molecule has 0 spiro atoms. The summed E-state index contributed by atoms with van der Waals surface area (Å²) in [5, 5.41) is 10.5. The first-order valence-corrected chi connectivity index (χ1v) is 31.9. The van der Waals surface area contributed by atoms with Gasteiger partial charge < -0.3 is 19.3 Å². The summed E-state index contributed by atoms with van der Waals surface area (Å²) < 4.78 is 19.8. The fourth-order valence-corrected chi connectivity index (χ4v) is 10.3. The van der Waals surface area contributed by atoms with Gasteiger partial charge in [0.2, 0.25) is 5.75 Å². The van der Waals surface area contributed by atoms with Crippen LogP contribution in [0.15, 0.2) is 23.5 Å². The second-order valence-electron chi connectivity index (χ2n) is 22.2. The highest BCUT2D eigenvalue weighted by molar-refractivity contribution is 5.94. The normalized spacial score (nSPS) is 11.9. The number of allylic oxidation sites excluding steroid dienone is 2. The maximum atomic E-state index is 12.6. The number of Topliss-reactive ketones (excluding diaryl/α,β-unsaturated/α-hetero) is 1. The molecule has 0 heterocycles. The third-order valence-corrected chi connectivity index (χ3v) is 15.1. The Balaban J connectivity index is 2.69. The standard InChI is InChI=1S/C66H122O5/c1-6-9-12-15-18-21-24-27-30-33-36-39-42-45-48-51-54-69-64-58-62(57-63(60(4)67)61(5)68)59-65(70-55-52-49-46-43-40-37-34-31-28-25-22-19-16-13-10-7-2)66(64)71-56-53-50-47-44-41-38-35-32-29-26-23-20-17-14-11-8-3/h58-59,67H,6-57H2,1-5H3/b63-60-. The third kappa shape index (κ3) is 42.8. The number of rotatable bonds is 57. The van der Waals surface area contributed by atoms with Crippen LogP contribution < -0.4 is 14.2 Å². The van der Waals surface area contributed by atoms with Gasteiger partial charge in [-0.25, -0.2) is 0 Å². The Morgan fingerprint density at radius 3 is 0.761 bits per heavy atom. The van der Waals surface area contributed by atoms with E-state index < -0.39 is 0 Å². The van der Waals surface area contributed by atoms with E-state index in [-0.39, 0.29) is 11.5 Å². The van der Waals surface area contributed by atoms with Crippen LogP contribution in [0.2, 0.25) is 0 Å². The molecule has 0 amide bonds. The van der Waals surface area contributed by atoms with Crippen molar-refractivity contribution < 1.29 is 24.1 Å². The van der Waals surface area contributed by atoms with Crippen molar-refractivity contribution in [1.82, 2.24) is 0 Å². The minimum absolute atomic E-state index is 0.0765. The number of aliphatic hydroxyl groups is 1. The minimum Gasteiger partial charge on any atom is -0.512 e. The summed E-state index contributed by atoms with van der Waals surface area (Å²) in [6.07, 6.45) is 64.9. The average Bonchev–Trinajstić information content (AvgIpc) is 3.36. The number of hydrogen-bond acceptors (Lipinski definition) is 5. The van der Waals surface area contributed by atoms with E-state index in [9.17, 15) is 9.90 Å². The first kappa shape index (κ1) is 66.8. The lowest BCUT2D eigenvalue weighted by Crippen LogP contribution is -2.09. The fraction of sp³-hybridized carbons (Fsp3) is 0.864. The molecular weight excluding hydrogens is 873 g/mol. The molecule has 0 aromatic heterocycles. The highest BCUT2D eigenvalue weighted by Crippen LogP contribution is 2.40. The van der Waals surface area contributed by atoms with Crippen molar-refractivity contribution in [2.24, 2.45) is 0 Å². The lowest BCUT2D eigenvalue weighted by molar-refractivity contribution is -0.113. The molecule has 0 atom stereocenters. The molecule has 416 valence electrons. The van der Waals surface area contributed by atoms with Crippen molar-refractivity contribution in [2.45, 2.75) is 349 Å². The fourth-order valence-electron chi connectivity index (χ4n) is 10.3. The first-order chi connectivity index (χ1) is 34.9. The summed E-state index contributed by atoms with van der Waals surface area (Å²) in [5.41, 5.74) is 1.33. The molecule has 0 aliphatic rings. The second kappa shape index (κ2) is 52.7. The topological polar surface area (TPSA) is 65.0 Å². The van der Waals surface area contributed by atoms with Crippen LogP contribution in [0.3, 0.4) is 0 Å². The maximum absolute atomic E-state index is 12.6. The monoisotopic (exact) mass is 995 g/mol. The van der Waals surface area contributed by atoms with Crippen molar-refractivity contribution in [3.05, 3.63) is 29.0 Å². The van der Waals surface area contributed by atoms with E-state index in [0.717, 1.165) is 37.7 Å². The zero-order valence-corrected chi connectivity index (χ0v) is 48.5. The van der Waals surface area contributed by atoms with Gasteiger partial charge >= 0.3 is 0 Å². The number of ketones is 1. The molecule has 0 bridgehead atoms. The number of hydrogen-bond donors (Lipinski definition) is 1. The maximum Gasteiger partial charge on any atom is 0.203 e. The lowest BCUT2D eigenvalue weighted by Gasteiger charge is -2.19. The molecular formula is C66H122O5. The molecule has 1 aromatic carbocycles. The Kier molecular flexibility index (Phi) is 49.6. The third-order valence-electron chi connectivity index (χ3n) is 15.1. The van der Waals surface area contributed by atoms with Gasteiger partial charge in [0.15, 0.2) is 17.3 Å². The summed E-state index contributed by atoms with van der Waals surface area (Å²) in [4.78, 5) is 12.6. The smallest absolute Gasteiger partial charge is 0.203 e. The average molecular weight is 996 g/mol. The summed E-state index contributed by atoms with van der Waals surface area (Å²) in [6.45, 7) is 11.9. The highest BCUT2D eigenvalue weighted by atomic mass is 16.5. The van der Waals surface area contributed by atoms with Crippen LogP contribution in [0.4, 0.5) is 0 Å². The van der Waals surface area contributed by atoms with E-state index >= 15 is 0 Å². The van der Waals surface area contributed by atoms with E-state index in [1.165, 1.54) is 283 Å². The Labute approximate surface area is 443 Å². The molecule has 5 nitrogen and oxygen atoms in total. The molecule has 0 unspecified atom stereocenters. The molecule has 0 aliphatic carbocycles. The zero-order chi connectivity index (χ0) is 51.3. The van der Waals surface area contributed by atoms with Crippen LogP contribution in [0.1, 0.15) is 348 Å². The Bertz CT molecular complexity index is 1260. The number of unbranched alkanes of at least 4 members (excludes halogenated alkanes) is 45. The van der Waals surface area contributed by atoms with Crippen LogP contribution >= 0.6 is 0 Å².